The van der Waals surface area contributed by atoms with Crippen molar-refractivity contribution in [1.82, 2.24) is 10.2 Å². The van der Waals surface area contributed by atoms with Crippen LogP contribution in [-0.4, -0.2) is 44.0 Å². The van der Waals surface area contributed by atoms with Gasteiger partial charge in [0.15, 0.2) is 6.61 Å². The number of nitrogens with one attached hydrogen (secondary N) is 1. The molecule has 1 N–H and O–H groups in total. The fourth-order valence-corrected chi connectivity index (χ4v) is 2.54. The van der Waals surface area contributed by atoms with Gasteiger partial charge in [0.1, 0.15) is 5.75 Å². The van der Waals surface area contributed by atoms with Gasteiger partial charge in [-0.1, -0.05) is 29.8 Å². The van der Waals surface area contributed by atoms with E-state index >= 15 is 0 Å². The molecule has 2 rings (SSSR count). The number of hydrogen-bond donors (Lipinski definition) is 1. The van der Waals surface area contributed by atoms with Crippen LogP contribution in [0, 0.1) is 13.8 Å². The predicted octanol–water partition coefficient (Wildman–Crippen LogP) is 2.74. The SMILES string of the molecule is Cc1ccc(CCNC(=O)c2cccc(OCC(=O)N(C)C)c2)c(C)c1. The Morgan fingerprint density at radius 1 is 1.08 bits per heavy atom. The van der Waals surface area contributed by atoms with Crippen LogP contribution in [0.4, 0.5) is 0 Å². The Morgan fingerprint density at radius 2 is 1.85 bits per heavy atom. The Hall–Kier alpha value is -2.82. The Kier molecular flexibility index (Phi) is 6.78. The summed E-state index contributed by atoms with van der Waals surface area (Å²) >= 11 is 0. The molecule has 0 unspecified atom stereocenters. The van der Waals surface area contributed by atoms with Crippen LogP contribution in [0.3, 0.4) is 0 Å². The molecule has 0 aromatic heterocycles. The van der Waals surface area contributed by atoms with E-state index in [9.17, 15) is 9.59 Å². The highest BCUT2D eigenvalue weighted by Gasteiger charge is 2.09. The molecule has 0 heterocycles. The van der Waals surface area contributed by atoms with Crippen molar-refractivity contribution in [1.29, 1.82) is 0 Å². The second kappa shape index (κ2) is 9.04. The quantitative estimate of drug-likeness (QED) is 0.832. The van der Waals surface area contributed by atoms with Gasteiger partial charge in [0.2, 0.25) is 0 Å². The number of likely N-dealkylation sites (N-methyl/N-ethyl adjacent to an activating group) is 1. The summed E-state index contributed by atoms with van der Waals surface area (Å²) in [6.07, 6.45) is 0.783. The molecule has 26 heavy (non-hydrogen) atoms. The molecule has 0 aliphatic heterocycles. The van der Waals surface area contributed by atoms with Gasteiger partial charge in [0.25, 0.3) is 11.8 Å². The number of rotatable bonds is 7. The third-order valence-electron chi connectivity index (χ3n) is 4.14. The molecule has 5 heteroatoms. The van der Waals surface area contributed by atoms with Crippen LogP contribution in [0.5, 0.6) is 5.75 Å². The zero-order valence-corrected chi connectivity index (χ0v) is 15.8. The second-order valence-corrected chi connectivity index (χ2v) is 6.54. The van der Waals surface area contributed by atoms with Crippen molar-refractivity contribution < 1.29 is 14.3 Å². The molecule has 2 amide bonds. The first-order valence-electron chi connectivity index (χ1n) is 8.64. The minimum absolute atomic E-state index is 0.0508. The summed E-state index contributed by atoms with van der Waals surface area (Å²) in [5.74, 6) is 0.217. The largest absolute Gasteiger partial charge is 0.484 e. The lowest BCUT2D eigenvalue weighted by atomic mass is 10.0. The van der Waals surface area contributed by atoms with E-state index in [4.69, 9.17) is 4.74 Å². The van der Waals surface area contributed by atoms with Gasteiger partial charge in [0, 0.05) is 26.2 Å². The maximum Gasteiger partial charge on any atom is 0.259 e. The first kappa shape index (κ1) is 19.5. The van der Waals surface area contributed by atoms with E-state index in [2.05, 4.69) is 37.4 Å². The molecule has 0 atom stereocenters. The van der Waals surface area contributed by atoms with Gasteiger partial charge in [-0.2, -0.15) is 0 Å². The van der Waals surface area contributed by atoms with E-state index in [1.54, 1.807) is 38.4 Å². The Balaban J connectivity index is 1.89. The molecule has 0 saturated heterocycles. The van der Waals surface area contributed by atoms with Crippen molar-refractivity contribution in [3.8, 4) is 5.75 Å². The van der Waals surface area contributed by atoms with Crippen molar-refractivity contribution in [2.45, 2.75) is 20.3 Å². The van der Waals surface area contributed by atoms with Gasteiger partial charge in [0.05, 0.1) is 0 Å². The number of carbonyl (C=O) groups excluding carboxylic acids is 2. The Labute approximate surface area is 155 Å². The third-order valence-corrected chi connectivity index (χ3v) is 4.14. The molecule has 138 valence electrons. The van der Waals surface area contributed by atoms with E-state index in [1.807, 2.05) is 0 Å². The first-order valence-corrected chi connectivity index (χ1v) is 8.64. The van der Waals surface area contributed by atoms with Gasteiger partial charge >= 0.3 is 0 Å². The van der Waals surface area contributed by atoms with Crippen LogP contribution in [0.2, 0.25) is 0 Å². The normalized spacial score (nSPS) is 10.3. The van der Waals surface area contributed by atoms with Crippen LogP contribution >= 0.6 is 0 Å². The number of nitrogens with zero attached hydrogens (tertiary/aromatic N) is 1. The summed E-state index contributed by atoms with van der Waals surface area (Å²) in [4.78, 5) is 25.4. The maximum atomic E-state index is 12.3. The van der Waals surface area contributed by atoms with E-state index in [0.717, 1.165) is 6.42 Å². The van der Waals surface area contributed by atoms with Crippen LogP contribution < -0.4 is 10.1 Å². The van der Waals surface area contributed by atoms with Crippen LogP contribution in [0.1, 0.15) is 27.0 Å². The van der Waals surface area contributed by atoms with Gasteiger partial charge in [-0.05, 0) is 49.6 Å². The fourth-order valence-electron chi connectivity index (χ4n) is 2.54. The third kappa shape index (κ3) is 5.62. The van der Waals surface area contributed by atoms with Gasteiger partial charge in [-0.15, -0.1) is 0 Å². The first-order chi connectivity index (χ1) is 12.4. The molecule has 2 aromatic carbocycles. The molecular formula is C21H26N2O3. The minimum Gasteiger partial charge on any atom is -0.484 e. The zero-order chi connectivity index (χ0) is 19.1. The van der Waals surface area contributed by atoms with Crippen LogP contribution in [-0.2, 0) is 11.2 Å². The molecule has 0 saturated carbocycles. The highest BCUT2D eigenvalue weighted by Crippen LogP contribution is 2.14. The number of amides is 2. The summed E-state index contributed by atoms with van der Waals surface area (Å²) in [5.41, 5.74) is 4.22. The van der Waals surface area contributed by atoms with Crippen LogP contribution in [0.15, 0.2) is 42.5 Å². The van der Waals surface area contributed by atoms with E-state index in [1.165, 1.54) is 21.6 Å². The number of carbonyl (C=O) groups is 2. The Morgan fingerprint density at radius 3 is 2.54 bits per heavy atom. The summed E-state index contributed by atoms with van der Waals surface area (Å²) < 4.78 is 5.45. The lowest BCUT2D eigenvalue weighted by Crippen LogP contribution is -2.28. The highest BCUT2D eigenvalue weighted by molar-refractivity contribution is 5.94. The van der Waals surface area contributed by atoms with E-state index in [-0.39, 0.29) is 18.4 Å². The molecular weight excluding hydrogens is 328 g/mol. The van der Waals surface area contributed by atoms with Crippen molar-refractivity contribution in [3.63, 3.8) is 0 Å². The monoisotopic (exact) mass is 354 g/mol. The number of ether oxygens (including phenoxy) is 1. The molecule has 0 aliphatic rings. The number of aryl methyl sites for hydroxylation is 2. The van der Waals surface area contributed by atoms with Gasteiger partial charge in [-0.3, -0.25) is 9.59 Å². The smallest absolute Gasteiger partial charge is 0.259 e. The molecule has 0 fully saturated rings. The lowest BCUT2D eigenvalue weighted by molar-refractivity contribution is -0.130. The summed E-state index contributed by atoms with van der Waals surface area (Å²) in [5, 5.41) is 2.93. The topological polar surface area (TPSA) is 58.6 Å². The highest BCUT2D eigenvalue weighted by atomic mass is 16.5. The zero-order valence-electron chi connectivity index (χ0n) is 15.8. The van der Waals surface area contributed by atoms with Crippen molar-refractivity contribution in [2.24, 2.45) is 0 Å². The summed E-state index contributed by atoms with van der Waals surface area (Å²) in [6, 6.07) is 13.2. The average molecular weight is 354 g/mol. The maximum absolute atomic E-state index is 12.3. The lowest BCUT2D eigenvalue weighted by Gasteiger charge is -2.12. The number of benzene rings is 2. The van der Waals surface area contributed by atoms with E-state index in [0.29, 0.717) is 17.9 Å². The minimum atomic E-state index is -0.154. The fraction of sp³-hybridized carbons (Fsp3) is 0.333. The Bertz CT molecular complexity index is 785. The summed E-state index contributed by atoms with van der Waals surface area (Å²) in [7, 11) is 3.34. The number of hydrogen-bond acceptors (Lipinski definition) is 3. The van der Waals surface area contributed by atoms with Gasteiger partial charge in [-0.25, -0.2) is 0 Å². The summed E-state index contributed by atoms with van der Waals surface area (Å²) in [6.45, 7) is 4.66. The van der Waals surface area contributed by atoms with Crippen LogP contribution in [0.25, 0.3) is 0 Å². The van der Waals surface area contributed by atoms with Crippen molar-refractivity contribution in [2.75, 3.05) is 27.2 Å². The molecule has 0 aliphatic carbocycles. The molecule has 0 spiro atoms. The van der Waals surface area contributed by atoms with Crippen molar-refractivity contribution >= 4 is 11.8 Å². The standard InChI is InChI=1S/C21H26N2O3/c1-15-8-9-17(16(2)12-15)10-11-22-21(25)18-6-5-7-19(13-18)26-14-20(24)23(3)4/h5-9,12-13H,10-11,14H2,1-4H3,(H,22,25). The average Bonchev–Trinajstić information content (AvgIpc) is 2.61. The molecule has 0 bridgehead atoms. The molecule has 2 aromatic rings. The molecule has 0 radical (unpaired) electrons. The second-order valence-electron chi connectivity index (χ2n) is 6.54. The van der Waals surface area contributed by atoms with Crippen molar-refractivity contribution in [3.05, 3.63) is 64.7 Å². The van der Waals surface area contributed by atoms with Gasteiger partial charge < -0.3 is 15.0 Å². The molecule has 5 nitrogen and oxygen atoms in total. The predicted molar refractivity (Wildman–Crippen MR) is 103 cm³/mol. The van der Waals surface area contributed by atoms with E-state index < -0.39 is 0 Å².